The summed E-state index contributed by atoms with van der Waals surface area (Å²) in [6.45, 7) is 2.00. The summed E-state index contributed by atoms with van der Waals surface area (Å²) in [5, 5.41) is 0. The Balaban J connectivity index is 3.07. The molecule has 78 valence electrons. The van der Waals surface area contributed by atoms with Gasteiger partial charge in [0.25, 0.3) is 0 Å². The topological polar surface area (TPSA) is 64.7 Å². The monoisotopic (exact) mass is 254 g/mol. The summed E-state index contributed by atoms with van der Waals surface area (Å²) in [4.78, 5) is 11.7. The van der Waals surface area contributed by atoms with Gasteiger partial charge in [0.2, 0.25) is 9.74 Å². The predicted molar refractivity (Wildman–Crippen MR) is 57.5 cm³/mol. The van der Waals surface area contributed by atoms with Gasteiger partial charge in [-0.3, -0.25) is 0 Å². The number of nitrogens with zero attached hydrogens (tertiary/aromatic N) is 3. The first-order chi connectivity index (χ1) is 6.43. The normalized spacial score (nSPS) is 11.7. The molecule has 0 aliphatic heterocycles. The Morgan fingerprint density at radius 2 is 1.86 bits per heavy atom. The Morgan fingerprint density at radius 3 is 2.36 bits per heavy atom. The average molecular weight is 256 g/mol. The molecule has 1 aromatic heterocycles. The van der Waals surface area contributed by atoms with E-state index >= 15 is 0 Å². The second-order valence-electron chi connectivity index (χ2n) is 2.68. The van der Waals surface area contributed by atoms with Gasteiger partial charge in [-0.25, -0.2) is 4.98 Å². The molecule has 0 aliphatic rings. The number of anilines is 1. The maximum Gasteiger partial charge on any atom is 0.250 e. The molecule has 1 aromatic rings. The highest BCUT2D eigenvalue weighted by Crippen LogP contribution is 2.35. The maximum atomic E-state index is 5.63. The SMILES string of the molecule is CCCc1nc(N)nc(C(Cl)(Cl)Cl)n1. The lowest BCUT2D eigenvalue weighted by molar-refractivity contribution is 0.790. The minimum absolute atomic E-state index is 0.0680. The first-order valence-electron chi connectivity index (χ1n) is 4.01. The van der Waals surface area contributed by atoms with Crippen LogP contribution in [0.3, 0.4) is 0 Å². The van der Waals surface area contributed by atoms with Gasteiger partial charge in [0.05, 0.1) is 0 Å². The van der Waals surface area contributed by atoms with E-state index in [1.165, 1.54) is 0 Å². The molecule has 0 fully saturated rings. The number of rotatable bonds is 2. The summed E-state index contributed by atoms with van der Waals surface area (Å²) in [7, 11) is 0. The summed E-state index contributed by atoms with van der Waals surface area (Å²) in [5.41, 5.74) is 5.45. The molecule has 0 saturated heterocycles. The smallest absolute Gasteiger partial charge is 0.250 e. The molecule has 2 N–H and O–H groups in total. The summed E-state index contributed by atoms with van der Waals surface area (Å²) in [6, 6.07) is 0. The van der Waals surface area contributed by atoms with E-state index in [4.69, 9.17) is 40.5 Å². The van der Waals surface area contributed by atoms with Gasteiger partial charge >= 0.3 is 0 Å². The predicted octanol–water partition coefficient (Wildman–Crippen LogP) is 2.23. The molecule has 0 aliphatic carbocycles. The van der Waals surface area contributed by atoms with E-state index in [1.807, 2.05) is 6.92 Å². The summed E-state index contributed by atoms with van der Waals surface area (Å²) in [6.07, 6.45) is 1.57. The molecule has 0 atom stereocenters. The minimum atomic E-state index is -1.65. The summed E-state index contributed by atoms with van der Waals surface area (Å²) < 4.78 is -1.65. The van der Waals surface area contributed by atoms with Gasteiger partial charge in [0, 0.05) is 6.42 Å². The molecular weight excluding hydrogens is 246 g/mol. The van der Waals surface area contributed by atoms with Gasteiger partial charge in [0.15, 0.2) is 5.82 Å². The Labute approximate surface area is 96.8 Å². The van der Waals surface area contributed by atoms with Crippen LogP contribution in [0.4, 0.5) is 5.95 Å². The Kier molecular flexibility index (Phi) is 3.75. The van der Waals surface area contributed by atoms with Crippen LogP contribution in [-0.2, 0) is 10.2 Å². The number of hydrogen-bond donors (Lipinski definition) is 1. The van der Waals surface area contributed by atoms with Gasteiger partial charge < -0.3 is 5.73 Å². The quantitative estimate of drug-likeness (QED) is 0.823. The Morgan fingerprint density at radius 1 is 1.21 bits per heavy atom. The largest absolute Gasteiger partial charge is 0.368 e. The molecule has 0 amide bonds. The molecular formula is C7H9Cl3N4. The maximum absolute atomic E-state index is 5.63. The molecule has 0 unspecified atom stereocenters. The van der Waals surface area contributed by atoms with Crippen molar-refractivity contribution in [3.05, 3.63) is 11.6 Å². The fourth-order valence-electron chi connectivity index (χ4n) is 0.900. The minimum Gasteiger partial charge on any atom is -0.368 e. The van der Waals surface area contributed by atoms with E-state index in [2.05, 4.69) is 15.0 Å². The lowest BCUT2D eigenvalue weighted by atomic mass is 10.3. The van der Waals surface area contributed by atoms with Crippen molar-refractivity contribution in [1.82, 2.24) is 15.0 Å². The Bertz CT molecular complexity index is 323. The zero-order valence-electron chi connectivity index (χ0n) is 7.47. The number of hydrogen-bond acceptors (Lipinski definition) is 4. The van der Waals surface area contributed by atoms with Crippen LogP contribution in [0.15, 0.2) is 0 Å². The van der Waals surface area contributed by atoms with Crippen LogP contribution in [0.5, 0.6) is 0 Å². The standard InChI is InChI=1S/C7H9Cl3N4/c1-2-3-4-12-5(7(8,9)10)14-6(11)13-4/h2-3H2,1H3,(H2,11,12,13,14). The number of aryl methyl sites for hydroxylation is 1. The van der Waals surface area contributed by atoms with Crippen LogP contribution in [0.2, 0.25) is 0 Å². The molecule has 1 heterocycles. The van der Waals surface area contributed by atoms with Crippen LogP contribution in [0, 0.1) is 0 Å². The van der Waals surface area contributed by atoms with Crippen LogP contribution in [-0.4, -0.2) is 15.0 Å². The van der Waals surface area contributed by atoms with Crippen LogP contribution < -0.4 is 5.73 Å². The van der Waals surface area contributed by atoms with Crippen LogP contribution in [0.25, 0.3) is 0 Å². The lowest BCUT2D eigenvalue weighted by Crippen LogP contribution is -2.13. The van der Waals surface area contributed by atoms with Crippen molar-refractivity contribution in [1.29, 1.82) is 0 Å². The third-order valence-corrected chi connectivity index (χ3v) is 1.93. The van der Waals surface area contributed by atoms with Gasteiger partial charge in [-0.15, -0.1) is 0 Å². The molecule has 1 rings (SSSR count). The highest BCUT2D eigenvalue weighted by molar-refractivity contribution is 6.66. The number of halogens is 3. The highest BCUT2D eigenvalue weighted by Gasteiger charge is 2.27. The van der Waals surface area contributed by atoms with Gasteiger partial charge in [-0.05, 0) is 6.42 Å². The molecule has 4 nitrogen and oxygen atoms in total. The van der Waals surface area contributed by atoms with Crippen molar-refractivity contribution in [2.75, 3.05) is 5.73 Å². The van der Waals surface area contributed by atoms with Crippen molar-refractivity contribution in [3.63, 3.8) is 0 Å². The second-order valence-corrected chi connectivity index (χ2v) is 4.96. The van der Waals surface area contributed by atoms with E-state index in [1.54, 1.807) is 0 Å². The van der Waals surface area contributed by atoms with Crippen molar-refractivity contribution in [2.24, 2.45) is 0 Å². The molecule has 0 aromatic carbocycles. The fraction of sp³-hybridized carbons (Fsp3) is 0.571. The molecule has 0 spiro atoms. The fourth-order valence-corrected chi connectivity index (χ4v) is 1.15. The van der Waals surface area contributed by atoms with E-state index in [0.717, 1.165) is 6.42 Å². The van der Waals surface area contributed by atoms with E-state index in [0.29, 0.717) is 12.2 Å². The first-order valence-corrected chi connectivity index (χ1v) is 5.14. The first kappa shape index (κ1) is 11.8. The molecule has 7 heteroatoms. The van der Waals surface area contributed by atoms with E-state index in [-0.39, 0.29) is 11.8 Å². The molecule has 0 bridgehead atoms. The van der Waals surface area contributed by atoms with E-state index < -0.39 is 3.79 Å². The van der Waals surface area contributed by atoms with Crippen LogP contribution >= 0.6 is 34.8 Å². The van der Waals surface area contributed by atoms with Crippen LogP contribution in [0.1, 0.15) is 25.0 Å². The zero-order valence-corrected chi connectivity index (χ0v) is 9.73. The number of nitrogens with two attached hydrogens (primary N) is 1. The van der Waals surface area contributed by atoms with Gasteiger partial charge in [-0.1, -0.05) is 41.7 Å². The molecule has 0 saturated carbocycles. The van der Waals surface area contributed by atoms with Gasteiger partial charge in [-0.2, -0.15) is 9.97 Å². The third-order valence-electron chi connectivity index (χ3n) is 1.43. The van der Waals surface area contributed by atoms with Crippen molar-refractivity contribution >= 4 is 40.8 Å². The summed E-state index contributed by atoms with van der Waals surface area (Å²) in [5.74, 6) is 0.685. The number of alkyl halides is 3. The van der Waals surface area contributed by atoms with E-state index in [9.17, 15) is 0 Å². The molecule has 14 heavy (non-hydrogen) atoms. The summed E-state index contributed by atoms with van der Waals surface area (Å²) >= 11 is 16.9. The van der Waals surface area contributed by atoms with Crippen molar-refractivity contribution < 1.29 is 0 Å². The Hall–Kier alpha value is -0.320. The van der Waals surface area contributed by atoms with Gasteiger partial charge in [0.1, 0.15) is 5.82 Å². The van der Waals surface area contributed by atoms with Crippen molar-refractivity contribution in [3.8, 4) is 0 Å². The zero-order chi connectivity index (χ0) is 10.8. The number of nitrogen functional groups attached to an aromatic ring is 1. The van der Waals surface area contributed by atoms with Crippen molar-refractivity contribution in [2.45, 2.75) is 23.6 Å². The average Bonchev–Trinajstić information content (AvgIpc) is 2.02. The third kappa shape index (κ3) is 3.12. The number of aromatic nitrogens is 3. The lowest BCUT2D eigenvalue weighted by Gasteiger charge is -2.10. The molecule has 0 radical (unpaired) electrons. The highest BCUT2D eigenvalue weighted by atomic mass is 35.6. The second kappa shape index (κ2) is 4.47.